The quantitative estimate of drug-likeness (QED) is 0.847. The summed E-state index contributed by atoms with van der Waals surface area (Å²) in [4.78, 5) is 22.5. The average Bonchev–Trinajstić information content (AvgIpc) is 2.38. The number of hydrogen-bond donors (Lipinski definition) is 1. The highest BCUT2D eigenvalue weighted by atomic mass is 16.2. The number of nitrogens with zero attached hydrogens (tertiary/aromatic N) is 3. The predicted octanol–water partition coefficient (Wildman–Crippen LogP) is 0.984. The first kappa shape index (κ1) is 13.0. The number of hydrogen-bond acceptors (Lipinski definition) is 4. The SMILES string of the molecule is Cc1cnc(C(=O)N2CCC(C)CC2CN)cn1. The first-order valence-electron chi connectivity index (χ1n) is 6.41. The third kappa shape index (κ3) is 2.67. The van der Waals surface area contributed by atoms with Gasteiger partial charge in [-0.1, -0.05) is 6.92 Å². The second kappa shape index (κ2) is 5.44. The molecule has 2 atom stereocenters. The van der Waals surface area contributed by atoms with Crippen molar-refractivity contribution >= 4 is 5.91 Å². The molecule has 0 bridgehead atoms. The van der Waals surface area contributed by atoms with E-state index in [0.717, 1.165) is 25.1 Å². The van der Waals surface area contributed by atoms with Crippen LogP contribution in [0.1, 0.15) is 35.9 Å². The molecule has 2 N–H and O–H groups in total. The van der Waals surface area contributed by atoms with Crippen molar-refractivity contribution in [3.8, 4) is 0 Å². The minimum absolute atomic E-state index is 0.0511. The van der Waals surface area contributed by atoms with E-state index in [9.17, 15) is 4.79 Å². The lowest BCUT2D eigenvalue weighted by atomic mass is 9.92. The van der Waals surface area contributed by atoms with E-state index in [1.165, 1.54) is 0 Å². The van der Waals surface area contributed by atoms with Crippen molar-refractivity contribution in [2.45, 2.75) is 32.7 Å². The Bertz CT molecular complexity index is 418. The Balaban J connectivity index is 2.14. The van der Waals surface area contributed by atoms with Crippen molar-refractivity contribution in [1.82, 2.24) is 14.9 Å². The van der Waals surface area contributed by atoms with Crippen molar-refractivity contribution in [2.75, 3.05) is 13.1 Å². The molecular weight excluding hydrogens is 228 g/mol. The van der Waals surface area contributed by atoms with Crippen LogP contribution in [0.2, 0.25) is 0 Å². The molecule has 2 rings (SSSR count). The number of aromatic nitrogens is 2. The van der Waals surface area contributed by atoms with Gasteiger partial charge in [0.15, 0.2) is 0 Å². The van der Waals surface area contributed by atoms with Crippen molar-refractivity contribution in [3.05, 3.63) is 23.8 Å². The van der Waals surface area contributed by atoms with Gasteiger partial charge in [-0.05, 0) is 25.7 Å². The van der Waals surface area contributed by atoms with Crippen LogP contribution >= 0.6 is 0 Å². The van der Waals surface area contributed by atoms with Crippen LogP contribution in [0.25, 0.3) is 0 Å². The van der Waals surface area contributed by atoms with E-state index in [-0.39, 0.29) is 11.9 Å². The molecule has 0 aromatic carbocycles. The summed E-state index contributed by atoms with van der Waals surface area (Å²) in [6, 6.07) is 0.129. The maximum Gasteiger partial charge on any atom is 0.274 e. The maximum absolute atomic E-state index is 12.4. The molecule has 2 unspecified atom stereocenters. The number of rotatable bonds is 2. The molecule has 0 aliphatic carbocycles. The molecule has 1 saturated heterocycles. The minimum Gasteiger partial charge on any atom is -0.333 e. The van der Waals surface area contributed by atoms with Crippen molar-refractivity contribution in [1.29, 1.82) is 0 Å². The van der Waals surface area contributed by atoms with Gasteiger partial charge in [-0.25, -0.2) is 4.98 Å². The maximum atomic E-state index is 12.4. The van der Waals surface area contributed by atoms with E-state index in [1.807, 2.05) is 11.8 Å². The van der Waals surface area contributed by atoms with E-state index in [0.29, 0.717) is 18.2 Å². The Hall–Kier alpha value is -1.49. The van der Waals surface area contributed by atoms with Crippen LogP contribution in [0.4, 0.5) is 0 Å². The normalized spacial score (nSPS) is 24.1. The zero-order valence-electron chi connectivity index (χ0n) is 11.0. The number of nitrogens with two attached hydrogens (primary N) is 1. The Kier molecular flexibility index (Phi) is 3.91. The molecule has 0 radical (unpaired) electrons. The molecule has 2 heterocycles. The largest absolute Gasteiger partial charge is 0.333 e. The van der Waals surface area contributed by atoms with E-state index >= 15 is 0 Å². The summed E-state index contributed by atoms with van der Waals surface area (Å²) in [5, 5.41) is 0. The molecule has 5 heteroatoms. The fraction of sp³-hybridized carbons (Fsp3) is 0.615. The van der Waals surface area contributed by atoms with Crippen LogP contribution in [-0.2, 0) is 0 Å². The fourth-order valence-electron chi connectivity index (χ4n) is 2.39. The second-order valence-corrected chi connectivity index (χ2v) is 5.06. The zero-order valence-corrected chi connectivity index (χ0v) is 11.0. The molecule has 1 aromatic heterocycles. The molecule has 1 aromatic rings. The highest BCUT2D eigenvalue weighted by molar-refractivity contribution is 5.92. The lowest BCUT2D eigenvalue weighted by Crippen LogP contribution is -2.49. The zero-order chi connectivity index (χ0) is 13.1. The summed E-state index contributed by atoms with van der Waals surface area (Å²) < 4.78 is 0. The van der Waals surface area contributed by atoms with Gasteiger partial charge in [-0.3, -0.25) is 9.78 Å². The number of piperidine rings is 1. The molecule has 1 fully saturated rings. The Morgan fingerprint density at radius 2 is 2.28 bits per heavy atom. The van der Waals surface area contributed by atoms with Gasteiger partial charge in [0, 0.05) is 25.3 Å². The van der Waals surface area contributed by atoms with Crippen molar-refractivity contribution < 1.29 is 4.79 Å². The standard InChI is InChI=1S/C13H20N4O/c1-9-3-4-17(11(5-9)6-14)13(18)12-8-15-10(2)7-16-12/h7-9,11H,3-6,14H2,1-2H3. The van der Waals surface area contributed by atoms with Crippen LogP contribution in [0, 0.1) is 12.8 Å². The predicted molar refractivity (Wildman–Crippen MR) is 69.0 cm³/mol. The van der Waals surface area contributed by atoms with E-state index in [4.69, 9.17) is 5.73 Å². The molecule has 0 spiro atoms. The Morgan fingerprint density at radius 1 is 1.50 bits per heavy atom. The van der Waals surface area contributed by atoms with Gasteiger partial charge in [-0.2, -0.15) is 0 Å². The van der Waals surface area contributed by atoms with Crippen molar-refractivity contribution in [2.24, 2.45) is 11.7 Å². The number of carbonyl (C=O) groups excluding carboxylic acids is 1. The highest BCUT2D eigenvalue weighted by Crippen LogP contribution is 2.23. The molecule has 1 aliphatic heterocycles. The van der Waals surface area contributed by atoms with Crippen LogP contribution in [-0.4, -0.2) is 39.9 Å². The van der Waals surface area contributed by atoms with Crippen LogP contribution in [0.15, 0.2) is 12.4 Å². The van der Waals surface area contributed by atoms with Crippen LogP contribution < -0.4 is 5.73 Å². The number of amides is 1. The van der Waals surface area contributed by atoms with Crippen LogP contribution in [0.3, 0.4) is 0 Å². The molecule has 1 aliphatic rings. The van der Waals surface area contributed by atoms with Gasteiger partial charge in [0.2, 0.25) is 0 Å². The summed E-state index contributed by atoms with van der Waals surface area (Å²) in [5.41, 5.74) is 6.99. The third-order valence-corrected chi connectivity index (χ3v) is 3.51. The van der Waals surface area contributed by atoms with E-state index in [2.05, 4.69) is 16.9 Å². The molecule has 98 valence electrons. The van der Waals surface area contributed by atoms with Crippen LogP contribution in [0.5, 0.6) is 0 Å². The van der Waals surface area contributed by atoms with Gasteiger partial charge in [0.1, 0.15) is 5.69 Å². The van der Waals surface area contributed by atoms with Crippen molar-refractivity contribution in [3.63, 3.8) is 0 Å². The molecular formula is C13H20N4O. The Labute approximate surface area is 107 Å². The van der Waals surface area contributed by atoms with Gasteiger partial charge in [0.05, 0.1) is 11.9 Å². The molecule has 18 heavy (non-hydrogen) atoms. The van der Waals surface area contributed by atoms with Gasteiger partial charge in [0.25, 0.3) is 5.91 Å². The summed E-state index contributed by atoms with van der Waals surface area (Å²) in [6.07, 6.45) is 5.17. The van der Waals surface area contributed by atoms with E-state index < -0.39 is 0 Å². The lowest BCUT2D eigenvalue weighted by Gasteiger charge is -2.37. The molecule has 0 saturated carbocycles. The molecule has 1 amide bonds. The number of aryl methyl sites for hydroxylation is 1. The average molecular weight is 248 g/mol. The fourth-order valence-corrected chi connectivity index (χ4v) is 2.39. The lowest BCUT2D eigenvalue weighted by molar-refractivity contribution is 0.0567. The number of likely N-dealkylation sites (tertiary alicyclic amines) is 1. The second-order valence-electron chi connectivity index (χ2n) is 5.06. The summed E-state index contributed by atoms with van der Waals surface area (Å²) >= 11 is 0. The van der Waals surface area contributed by atoms with Gasteiger partial charge in [-0.15, -0.1) is 0 Å². The number of carbonyl (C=O) groups is 1. The van der Waals surface area contributed by atoms with Gasteiger partial charge >= 0.3 is 0 Å². The summed E-state index contributed by atoms with van der Waals surface area (Å²) in [6.45, 7) is 5.33. The summed E-state index contributed by atoms with van der Waals surface area (Å²) in [5.74, 6) is 0.580. The van der Waals surface area contributed by atoms with E-state index in [1.54, 1.807) is 12.4 Å². The van der Waals surface area contributed by atoms with Gasteiger partial charge < -0.3 is 10.6 Å². The third-order valence-electron chi connectivity index (χ3n) is 3.51. The highest BCUT2D eigenvalue weighted by Gasteiger charge is 2.30. The Morgan fingerprint density at radius 3 is 2.89 bits per heavy atom. The first-order valence-corrected chi connectivity index (χ1v) is 6.41. The molecule has 5 nitrogen and oxygen atoms in total. The first-order chi connectivity index (χ1) is 8.61. The minimum atomic E-state index is -0.0511. The monoisotopic (exact) mass is 248 g/mol. The summed E-state index contributed by atoms with van der Waals surface area (Å²) in [7, 11) is 0. The smallest absolute Gasteiger partial charge is 0.274 e. The topological polar surface area (TPSA) is 72.1 Å².